The Balaban J connectivity index is 1.59. The molecule has 2 aromatic rings. The monoisotopic (exact) mass is 312 g/mol. The van der Waals surface area contributed by atoms with Crippen LogP contribution in [0.4, 0.5) is 19.0 Å². The number of fused-ring (bicyclic) bond motifs is 1. The number of hydrogen-bond acceptors (Lipinski definition) is 5. The maximum absolute atomic E-state index is 12.0. The number of pyridine rings is 1. The number of benzene rings is 1. The zero-order valence-corrected chi connectivity index (χ0v) is 11.2. The molecule has 1 aliphatic rings. The van der Waals surface area contributed by atoms with Gasteiger partial charge in [0, 0.05) is 6.54 Å². The predicted molar refractivity (Wildman–Crippen MR) is 70.8 cm³/mol. The first-order valence-corrected chi connectivity index (χ1v) is 6.34. The summed E-state index contributed by atoms with van der Waals surface area (Å²) in [6, 6.07) is 8.10. The van der Waals surface area contributed by atoms with E-state index in [1.807, 2.05) is 12.1 Å². The van der Waals surface area contributed by atoms with Crippen molar-refractivity contribution in [3.05, 3.63) is 42.1 Å². The molecule has 5 nitrogen and oxygen atoms in total. The Morgan fingerprint density at radius 3 is 2.68 bits per heavy atom. The van der Waals surface area contributed by atoms with Crippen LogP contribution in [-0.2, 0) is 6.54 Å². The van der Waals surface area contributed by atoms with Crippen molar-refractivity contribution in [2.45, 2.75) is 12.9 Å². The van der Waals surface area contributed by atoms with Crippen LogP contribution in [0, 0.1) is 0 Å². The van der Waals surface area contributed by atoms with Crippen LogP contribution in [0.25, 0.3) is 0 Å². The van der Waals surface area contributed by atoms with Crippen LogP contribution in [-0.4, -0.2) is 18.1 Å². The molecule has 1 aliphatic heterocycles. The third-order valence-corrected chi connectivity index (χ3v) is 2.88. The van der Waals surface area contributed by atoms with E-state index in [0.717, 1.165) is 11.8 Å². The molecule has 2 heterocycles. The third-order valence-electron chi connectivity index (χ3n) is 2.88. The normalized spacial score (nSPS) is 13.0. The number of nitrogens with zero attached hydrogens (tertiary/aromatic N) is 1. The highest BCUT2D eigenvalue weighted by molar-refractivity contribution is 5.46. The van der Waals surface area contributed by atoms with E-state index in [9.17, 15) is 13.2 Å². The second kappa shape index (κ2) is 5.63. The Labute approximate surface area is 123 Å². The zero-order valence-electron chi connectivity index (χ0n) is 11.2. The smallest absolute Gasteiger partial charge is 0.454 e. The number of ether oxygens (including phenoxy) is 3. The molecule has 116 valence electrons. The Hall–Kier alpha value is -2.64. The molecule has 0 spiro atoms. The van der Waals surface area contributed by atoms with Crippen molar-refractivity contribution in [2.24, 2.45) is 0 Å². The lowest BCUT2D eigenvalue weighted by atomic mass is 10.2. The van der Waals surface area contributed by atoms with Gasteiger partial charge in [0.1, 0.15) is 11.6 Å². The minimum Gasteiger partial charge on any atom is -0.454 e. The van der Waals surface area contributed by atoms with Gasteiger partial charge in [-0.2, -0.15) is 0 Å². The summed E-state index contributed by atoms with van der Waals surface area (Å²) in [4.78, 5) is 3.86. The molecule has 0 fully saturated rings. The number of hydrogen-bond donors (Lipinski definition) is 1. The highest BCUT2D eigenvalue weighted by Crippen LogP contribution is 2.32. The lowest BCUT2D eigenvalue weighted by Crippen LogP contribution is -2.17. The molecule has 0 unspecified atom stereocenters. The fourth-order valence-electron chi connectivity index (χ4n) is 1.92. The summed E-state index contributed by atoms with van der Waals surface area (Å²) >= 11 is 0. The molecule has 3 rings (SSSR count). The highest BCUT2D eigenvalue weighted by atomic mass is 19.4. The Kier molecular flexibility index (Phi) is 3.66. The van der Waals surface area contributed by atoms with Crippen molar-refractivity contribution in [3.63, 3.8) is 0 Å². The molecule has 0 atom stereocenters. The Morgan fingerprint density at radius 1 is 1.14 bits per heavy atom. The average molecular weight is 312 g/mol. The molecular weight excluding hydrogens is 301 g/mol. The minimum absolute atomic E-state index is 0.203. The lowest BCUT2D eigenvalue weighted by Gasteiger charge is -2.10. The predicted octanol–water partition coefficient (Wildman–Crippen LogP) is 3.32. The Bertz CT molecular complexity index is 659. The first kappa shape index (κ1) is 14.3. The maximum Gasteiger partial charge on any atom is 0.573 e. The summed E-state index contributed by atoms with van der Waals surface area (Å²) in [6.45, 7) is 0.650. The standard InChI is InChI=1S/C14H11F3N2O3/c15-14(16,17)22-10-2-4-13(19-7-10)18-6-9-1-3-11-12(5-9)21-8-20-11/h1-5,7H,6,8H2,(H,18,19). The molecule has 22 heavy (non-hydrogen) atoms. The van der Waals surface area contributed by atoms with Gasteiger partial charge in [0.2, 0.25) is 6.79 Å². The summed E-state index contributed by atoms with van der Waals surface area (Å²) in [5, 5.41) is 3.00. The van der Waals surface area contributed by atoms with E-state index >= 15 is 0 Å². The number of alkyl halides is 3. The summed E-state index contributed by atoms with van der Waals surface area (Å²) in [5.74, 6) is 1.44. The van der Waals surface area contributed by atoms with Crippen LogP contribution in [0.5, 0.6) is 17.2 Å². The highest BCUT2D eigenvalue weighted by Gasteiger charge is 2.31. The maximum atomic E-state index is 12.0. The summed E-state index contributed by atoms with van der Waals surface area (Å²) < 4.78 is 50.3. The van der Waals surface area contributed by atoms with Crippen molar-refractivity contribution in [1.82, 2.24) is 4.98 Å². The molecule has 0 saturated heterocycles. The van der Waals surface area contributed by atoms with Crippen molar-refractivity contribution >= 4 is 5.82 Å². The SMILES string of the molecule is FC(F)(F)Oc1ccc(NCc2ccc3c(c2)OCO3)nc1. The van der Waals surface area contributed by atoms with Crippen LogP contribution >= 0.6 is 0 Å². The van der Waals surface area contributed by atoms with Gasteiger partial charge < -0.3 is 19.5 Å². The number of anilines is 1. The van der Waals surface area contributed by atoms with Crippen LogP contribution in [0.2, 0.25) is 0 Å². The summed E-state index contributed by atoms with van der Waals surface area (Å²) in [6.07, 6.45) is -3.71. The molecule has 1 N–H and O–H groups in total. The van der Waals surface area contributed by atoms with E-state index in [-0.39, 0.29) is 12.5 Å². The fraction of sp³-hybridized carbons (Fsp3) is 0.214. The zero-order chi connectivity index (χ0) is 15.6. The van der Waals surface area contributed by atoms with E-state index in [4.69, 9.17) is 9.47 Å². The van der Waals surface area contributed by atoms with Gasteiger partial charge in [-0.15, -0.1) is 13.2 Å². The topological polar surface area (TPSA) is 52.6 Å². The molecule has 1 aromatic carbocycles. The van der Waals surface area contributed by atoms with Gasteiger partial charge in [-0.1, -0.05) is 6.07 Å². The van der Waals surface area contributed by atoms with Gasteiger partial charge in [-0.3, -0.25) is 0 Å². The summed E-state index contributed by atoms with van der Waals surface area (Å²) in [5.41, 5.74) is 0.932. The van der Waals surface area contributed by atoms with Crippen LogP contribution in [0.3, 0.4) is 0 Å². The number of nitrogens with one attached hydrogen (secondary N) is 1. The lowest BCUT2D eigenvalue weighted by molar-refractivity contribution is -0.274. The van der Waals surface area contributed by atoms with Crippen LogP contribution in [0.15, 0.2) is 36.5 Å². The number of halogens is 3. The number of aromatic nitrogens is 1. The van der Waals surface area contributed by atoms with Crippen LogP contribution < -0.4 is 19.5 Å². The average Bonchev–Trinajstić information content (AvgIpc) is 2.92. The van der Waals surface area contributed by atoms with E-state index < -0.39 is 6.36 Å². The summed E-state index contributed by atoms with van der Waals surface area (Å²) in [7, 11) is 0. The van der Waals surface area contributed by atoms with Crippen molar-refractivity contribution in [2.75, 3.05) is 12.1 Å². The molecule has 0 bridgehead atoms. The van der Waals surface area contributed by atoms with Crippen molar-refractivity contribution in [1.29, 1.82) is 0 Å². The van der Waals surface area contributed by atoms with Gasteiger partial charge in [0.05, 0.1) is 6.20 Å². The van der Waals surface area contributed by atoms with E-state index in [1.54, 1.807) is 6.07 Å². The molecule has 0 radical (unpaired) electrons. The molecule has 1 aromatic heterocycles. The van der Waals surface area contributed by atoms with E-state index in [2.05, 4.69) is 15.0 Å². The molecular formula is C14H11F3N2O3. The Morgan fingerprint density at radius 2 is 1.95 bits per heavy atom. The second-order valence-corrected chi connectivity index (χ2v) is 4.47. The van der Waals surface area contributed by atoms with Crippen molar-refractivity contribution < 1.29 is 27.4 Å². The quantitative estimate of drug-likeness (QED) is 0.938. The first-order chi connectivity index (χ1) is 10.5. The van der Waals surface area contributed by atoms with Gasteiger partial charge in [-0.25, -0.2) is 4.98 Å². The van der Waals surface area contributed by atoms with Gasteiger partial charge in [0.15, 0.2) is 11.5 Å². The van der Waals surface area contributed by atoms with Crippen molar-refractivity contribution in [3.8, 4) is 17.2 Å². The first-order valence-electron chi connectivity index (χ1n) is 6.34. The molecule has 0 saturated carbocycles. The van der Waals surface area contributed by atoms with Crippen LogP contribution in [0.1, 0.15) is 5.56 Å². The molecule has 0 aliphatic carbocycles. The number of rotatable bonds is 4. The molecule has 8 heteroatoms. The van der Waals surface area contributed by atoms with Gasteiger partial charge >= 0.3 is 6.36 Å². The van der Waals surface area contributed by atoms with Gasteiger partial charge in [-0.05, 0) is 29.8 Å². The van der Waals surface area contributed by atoms with Gasteiger partial charge in [0.25, 0.3) is 0 Å². The third kappa shape index (κ3) is 3.51. The minimum atomic E-state index is -4.72. The van der Waals surface area contributed by atoms with E-state index in [0.29, 0.717) is 23.9 Å². The second-order valence-electron chi connectivity index (χ2n) is 4.47. The molecule has 0 amide bonds. The largest absolute Gasteiger partial charge is 0.573 e. The van der Waals surface area contributed by atoms with E-state index in [1.165, 1.54) is 12.1 Å². The fourth-order valence-corrected chi connectivity index (χ4v) is 1.92.